The van der Waals surface area contributed by atoms with Crippen LogP contribution in [0.25, 0.3) is 11.0 Å². The number of rotatable bonds is 4. The first-order chi connectivity index (χ1) is 13.4. The lowest BCUT2D eigenvalue weighted by Crippen LogP contribution is -2.36. The van der Waals surface area contributed by atoms with Crippen molar-refractivity contribution in [2.24, 2.45) is 0 Å². The Labute approximate surface area is 159 Å². The van der Waals surface area contributed by atoms with Crippen LogP contribution < -0.4 is 10.4 Å². The lowest BCUT2D eigenvalue weighted by molar-refractivity contribution is -0.274. The van der Waals surface area contributed by atoms with E-state index in [0.29, 0.717) is 6.54 Å². The van der Waals surface area contributed by atoms with Gasteiger partial charge in [-0.2, -0.15) is 0 Å². The zero-order chi connectivity index (χ0) is 19.7. The molecule has 4 rings (SSSR count). The average Bonchev–Trinajstić information content (AvgIpc) is 2.97. The fraction of sp³-hybridized carbons (Fsp3) is 0.350. The molecule has 8 heteroatoms. The Hall–Kier alpha value is -2.74. The number of aromatic nitrogens is 2. The highest BCUT2D eigenvalue weighted by molar-refractivity contribution is 5.75. The minimum atomic E-state index is -4.69. The Kier molecular flexibility index (Phi) is 4.89. The summed E-state index contributed by atoms with van der Waals surface area (Å²) >= 11 is 0. The lowest BCUT2D eigenvalue weighted by atomic mass is 10.0. The SMILES string of the molecule is O=c1[nH]c2ccccc2n1C1CCN(Cc2cccc(OC(F)(F)F)c2)CC1. The highest BCUT2D eigenvalue weighted by atomic mass is 19.4. The van der Waals surface area contributed by atoms with Crippen molar-refractivity contribution in [1.29, 1.82) is 0 Å². The zero-order valence-electron chi connectivity index (χ0n) is 15.1. The number of nitrogens with one attached hydrogen (secondary N) is 1. The Morgan fingerprint density at radius 2 is 1.82 bits per heavy atom. The summed E-state index contributed by atoms with van der Waals surface area (Å²) < 4.78 is 43.0. The molecule has 3 aromatic rings. The second kappa shape index (κ2) is 7.35. The molecule has 1 N–H and O–H groups in total. The number of nitrogens with zero attached hydrogens (tertiary/aromatic N) is 2. The van der Waals surface area contributed by atoms with E-state index in [-0.39, 0.29) is 17.5 Å². The van der Waals surface area contributed by atoms with Crippen LogP contribution in [-0.2, 0) is 6.54 Å². The summed E-state index contributed by atoms with van der Waals surface area (Å²) in [6.07, 6.45) is -3.08. The van der Waals surface area contributed by atoms with Crippen LogP contribution in [0.3, 0.4) is 0 Å². The third kappa shape index (κ3) is 4.06. The molecule has 1 aliphatic rings. The number of hydrogen-bond acceptors (Lipinski definition) is 3. The zero-order valence-corrected chi connectivity index (χ0v) is 15.1. The molecule has 1 aromatic heterocycles. The number of imidazole rings is 1. The van der Waals surface area contributed by atoms with Crippen molar-refractivity contribution in [3.05, 3.63) is 64.6 Å². The summed E-state index contributed by atoms with van der Waals surface area (Å²) in [6.45, 7) is 2.08. The largest absolute Gasteiger partial charge is 0.573 e. The second-order valence-electron chi connectivity index (χ2n) is 7.02. The summed E-state index contributed by atoms with van der Waals surface area (Å²) in [5.41, 5.74) is 2.40. The van der Waals surface area contributed by atoms with E-state index in [1.54, 1.807) is 12.1 Å². The topological polar surface area (TPSA) is 50.3 Å². The van der Waals surface area contributed by atoms with Gasteiger partial charge in [-0.25, -0.2) is 4.79 Å². The number of halogens is 3. The molecule has 1 aliphatic heterocycles. The Bertz CT molecular complexity index is 1020. The molecule has 28 heavy (non-hydrogen) atoms. The van der Waals surface area contributed by atoms with E-state index < -0.39 is 6.36 Å². The number of para-hydroxylation sites is 2. The Balaban J connectivity index is 1.41. The first-order valence-corrected chi connectivity index (χ1v) is 9.15. The molecule has 0 unspecified atom stereocenters. The number of H-pyrrole nitrogens is 1. The van der Waals surface area contributed by atoms with Gasteiger partial charge in [0.25, 0.3) is 0 Å². The van der Waals surface area contributed by atoms with Gasteiger partial charge in [0.2, 0.25) is 0 Å². The molecule has 0 radical (unpaired) electrons. The van der Waals surface area contributed by atoms with Gasteiger partial charge >= 0.3 is 12.1 Å². The Morgan fingerprint density at radius 3 is 2.57 bits per heavy atom. The van der Waals surface area contributed by atoms with Crippen molar-refractivity contribution in [1.82, 2.24) is 14.5 Å². The van der Waals surface area contributed by atoms with Crippen LogP contribution in [0.15, 0.2) is 53.3 Å². The molecular weight excluding hydrogens is 371 g/mol. The molecule has 0 aliphatic carbocycles. The number of benzene rings is 2. The Morgan fingerprint density at radius 1 is 1.07 bits per heavy atom. The summed E-state index contributed by atoms with van der Waals surface area (Å²) in [5.74, 6) is -0.203. The van der Waals surface area contributed by atoms with Crippen molar-refractivity contribution >= 4 is 11.0 Å². The maximum atomic E-state index is 12.4. The average molecular weight is 391 g/mol. The summed E-state index contributed by atoms with van der Waals surface area (Å²) in [7, 11) is 0. The maximum absolute atomic E-state index is 12.4. The van der Waals surface area contributed by atoms with Gasteiger partial charge in [0.15, 0.2) is 0 Å². The molecule has 1 fully saturated rings. The van der Waals surface area contributed by atoms with Gasteiger partial charge in [0, 0.05) is 25.7 Å². The van der Waals surface area contributed by atoms with Crippen molar-refractivity contribution < 1.29 is 17.9 Å². The lowest BCUT2D eigenvalue weighted by Gasteiger charge is -2.32. The summed E-state index contributed by atoms with van der Waals surface area (Å²) in [5, 5.41) is 0. The molecule has 0 saturated carbocycles. The van der Waals surface area contributed by atoms with E-state index in [0.717, 1.165) is 42.5 Å². The highest BCUT2D eigenvalue weighted by Gasteiger charge is 2.31. The number of alkyl halides is 3. The van der Waals surface area contributed by atoms with E-state index in [1.165, 1.54) is 12.1 Å². The molecule has 148 valence electrons. The van der Waals surface area contributed by atoms with Gasteiger partial charge in [-0.3, -0.25) is 9.47 Å². The van der Waals surface area contributed by atoms with Gasteiger partial charge in [0.05, 0.1) is 11.0 Å². The monoisotopic (exact) mass is 391 g/mol. The second-order valence-corrected chi connectivity index (χ2v) is 7.02. The highest BCUT2D eigenvalue weighted by Crippen LogP contribution is 2.27. The first-order valence-electron chi connectivity index (χ1n) is 9.15. The van der Waals surface area contributed by atoms with E-state index >= 15 is 0 Å². The number of hydrogen-bond donors (Lipinski definition) is 1. The van der Waals surface area contributed by atoms with Gasteiger partial charge in [-0.1, -0.05) is 24.3 Å². The third-order valence-electron chi connectivity index (χ3n) is 5.08. The summed E-state index contributed by atoms with van der Waals surface area (Å²) in [6, 6.07) is 13.8. The fourth-order valence-electron chi connectivity index (χ4n) is 3.87. The van der Waals surface area contributed by atoms with E-state index in [1.807, 2.05) is 28.8 Å². The molecule has 5 nitrogen and oxygen atoms in total. The molecule has 1 saturated heterocycles. The molecule has 0 amide bonds. The summed E-state index contributed by atoms with van der Waals surface area (Å²) in [4.78, 5) is 17.4. The standard InChI is InChI=1S/C20H20F3N3O2/c21-20(22,23)28-16-5-3-4-14(12-16)13-25-10-8-15(9-11-25)26-18-7-2-1-6-17(18)24-19(26)27/h1-7,12,15H,8-11,13H2,(H,24,27). The number of aromatic amines is 1. The smallest absolute Gasteiger partial charge is 0.406 e. The van der Waals surface area contributed by atoms with E-state index in [4.69, 9.17) is 0 Å². The minimum Gasteiger partial charge on any atom is -0.406 e. The van der Waals surface area contributed by atoms with Crippen molar-refractivity contribution in [2.45, 2.75) is 31.8 Å². The van der Waals surface area contributed by atoms with Crippen LogP contribution in [0.1, 0.15) is 24.4 Å². The molecule has 0 bridgehead atoms. The predicted molar refractivity (Wildman–Crippen MR) is 99.2 cm³/mol. The fourth-order valence-corrected chi connectivity index (χ4v) is 3.87. The van der Waals surface area contributed by atoms with Crippen molar-refractivity contribution in [3.8, 4) is 5.75 Å². The van der Waals surface area contributed by atoms with Gasteiger partial charge in [-0.15, -0.1) is 13.2 Å². The number of ether oxygens (including phenoxy) is 1. The van der Waals surface area contributed by atoms with Crippen molar-refractivity contribution in [3.63, 3.8) is 0 Å². The van der Waals surface area contributed by atoms with Crippen molar-refractivity contribution in [2.75, 3.05) is 13.1 Å². The number of likely N-dealkylation sites (tertiary alicyclic amines) is 1. The minimum absolute atomic E-state index is 0.100. The molecular formula is C20H20F3N3O2. The third-order valence-corrected chi connectivity index (χ3v) is 5.08. The maximum Gasteiger partial charge on any atom is 0.573 e. The van der Waals surface area contributed by atoms with Crippen LogP contribution in [0.5, 0.6) is 5.75 Å². The van der Waals surface area contributed by atoms with E-state index in [2.05, 4.69) is 14.6 Å². The normalized spacial score (nSPS) is 16.5. The number of piperidine rings is 1. The molecule has 0 spiro atoms. The van der Waals surface area contributed by atoms with Gasteiger partial charge in [-0.05, 0) is 42.7 Å². The van der Waals surface area contributed by atoms with E-state index in [9.17, 15) is 18.0 Å². The van der Waals surface area contributed by atoms with Crippen LogP contribution in [0.2, 0.25) is 0 Å². The number of fused-ring (bicyclic) bond motifs is 1. The molecule has 0 atom stereocenters. The van der Waals surface area contributed by atoms with Crippen LogP contribution >= 0.6 is 0 Å². The van der Waals surface area contributed by atoms with Gasteiger partial charge in [0.1, 0.15) is 5.75 Å². The first kappa shape index (κ1) is 18.6. The molecule has 2 aromatic carbocycles. The van der Waals surface area contributed by atoms with Crippen LogP contribution in [0.4, 0.5) is 13.2 Å². The molecule has 2 heterocycles. The van der Waals surface area contributed by atoms with Gasteiger partial charge < -0.3 is 9.72 Å². The quantitative estimate of drug-likeness (QED) is 0.730. The van der Waals surface area contributed by atoms with Crippen LogP contribution in [0, 0.1) is 0 Å². The van der Waals surface area contributed by atoms with Crippen LogP contribution in [-0.4, -0.2) is 33.9 Å². The predicted octanol–water partition coefficient (Wildman–Crippen LogP) is 4.07.